The Hall–Kier alpha value is -3.39. The molecule has 0 aliphatic carbocycles. The van der Waals surface area contributed by atoms with Gasteiger partial charge < -0.3 is 4.90 Å². The van der Waals surface area contributed by atoms with Gasteiger partial charge in [0, 0.05) is 31.4 Å². The topological polar surface area (TPSA) is 83.8 Å². The highest BCUT2D eigenvalue weighted by Gasteiger charge is 2.35. The molecule has 0 radical (unpaired) electrons. The van der Waals surface area contributed by atoms with E-state index in [1.165, 1.54) is 6.07 Å². The Morgan fingerprint density at radius 1 is 1.10 bits per heavy atom. The summed E-state index contributed by atoms with van der Waals surface area (Å²) in [6.07, 6.45) is 5.15. The van der Waals surface area contributed by atoms with Crippen molar-refractivity contribution < 1.29 is 14.5 Å². The van der Waals surface area contributed by atoms with Crippen molar-refractivity contribution in [3.8, 4) is 0 Å². The quantitative estimate of drug-likeness (QED) is 0.398. The van der Waals surface area contributed by atoms with Crippen LogP contribution in [0.25, 0.3) is 6.08 Å². The van der Waals surface area contributed by atoms with Gasteiger partial charge in [0.2, 0.25) is 0 Å². The molecule has 0 N–H and O–H groups in total. The van der Waals surface area contributed by atoms with Gasteiger partial charge in [-0.3, -0.25) is 24.6 Å². The number of hydrogen-bond acceptors (Lipinski definition) is 6. The first kappa shape index (κ1) is 20.3. The Labute approximate surface area is 172 Å². The van der Waals surface area contributed by atoms with Gasteiger partial charge in [0.15, 0.2) is 0 Å². The fourth-order valence-electron chi connectivity index (χ4n) is 2.77. The van der Waals surface area contributed by atoms with Gasteiger partial charge in [0.1, 0.15) is 0 Å². The van der Waals surface area contributed by atoms with Crippen molar-refractivity contribution in [2.75, 3.05) is 19.0 Å². The Kier molecular flexibility index (Phi) is 6.13. The maximum atomic E-state index is 12.6. The molecule has 29 heavy (non-hydrogen) atoms. The molecule has 148 valence electrons. The van der Waals surface area contributed by atoms with Gasteiger partial charge in [-0.1, -0.05) is 42.5 Å². The van der Waals surface area contributed by atoms with Crippen molar-refractivity contribution in [1.29, 1.82) is 0 Å². The first-order valence-corrected chi connectivity index (χ1v) is 9.60. The van der Waals surface area contributed by atoms with Crippen molar-refractivity contribution in [2.45, 2.75) is 6.54 Å². The number of anilines is 1. The van der Waals surface area contributed by atoms with E-state index in [-0.39, 0.29) is 17.1 Å². The molecule has 0 atom stereocenters. The van der Waals surface area contributed by atoms with Crippen LogP contribution in [0.1, 0.15) is 11.1 Å². The van der Waals surface area contributed by atoms with Gasteiger partial charge in [0.25, 0.3) is 16.8 Å². The van der Waals surface area contributed by atoms with E-state index in [0.29, 0.717) is 5.56 Å². The van der Waals surface area contributed by atoms with Crippen molar-refractivity contribution in [3.05, 3.63) is 86.8 Å². The molecule has 1 heterocycles. The molecule has 2 aromatic rings. The molecule has 0 aromatic heterocycles. The minimum Gasteiger partial charge on any atom is -0.378 e. The highest BCUT2D eigenvalue weighted by molar-refractivity contribution is 8.18. The molecule has 1 aliphatic rings. The van der Waals surface area contributed by atoms with Crippen molar-refractivity contribution >= 4 is 40.4 Å². The number of nitro groups is 1. The van der Waals surface area contributed by atoms with Gasteiger partial charge >= 0.3 is 0 Å². The van der Waals surface area contributed by atoms with Crippen LogP contribution in [-0.4, -0.2) is 35.1 Å². The summed E-state index contributed by atoms with van der Waals surface area (Å²) in [7, 11) is 3.93. The lowest BCUT2D eigenvalue weighted by Gasteiger charge is -2.12. The van der Waals surface area contributed by atoms with Crippen molar-refractivity contribution in [2.24, 2.45) is 0 Å². The van der Waals surface area contributed by atoms with Crippen LogP contribution in [0, 0.1) is 10.1 Å². The molecular formula is C21H19N3O4S. The largest absolute Gasteiger partial charge is 0.378 e. The third-order valence-corrected chi connectivity index (χ3v) is 5.26. The summed E-state index contributed by atoms with van der Waals surface area (Å²) in [5, 5.41) is 10.7. The molecule has 2 aromatic carbocycles. The fraction of sp³-hybridized carbons (Fsp3) is 0.143. The molecule has 0 unspecified atom stereocenters. The smallest absolute Gasteiger partial charge is 0.293 e. The molecule has 0 saturated carbocycles. The number of carbonyl (C=O) groups excluding carboxylic acids is 2. The summed E-state index contributed by atoms with van der Waals surface area (Å²) in [6, 6.07) is 14.0. The van der Waals surface area contributed by atoms with E-state index in [0.717, 1.165) is 27.9 Å². The normalized spacial score (nSPS) is 15.5. The standard InChI is InChI=1S/C21H19N3O4S/c1-22(2)17-12-10-15(11-13-17)6-5-9-19-20(25)23(21(26)29-19)14-16-7-3-4-8-18(16)24(27)28/h3-13H,14H2,1-2H3/b6-5+,19-9-. The number of nitrogens with zero attached hydrogens (tertiary/aromatic N) is 3. The number of nitro benzene ring substituents is 1. The van der Waals surface area contributed by atoms with Crippen LogP contribution in [-0.2, 0) is 11.3 Å². The number of hydrogen-bond donors (Lipinski definition) is 0. The van der Waals surface area contributed by atoms with Gasteiger partial charge in [-0.15, -0.1) is 0 Å². The molecular weight excluding hydrogens is 390 g/mol. The number of rotatable bonds is 6. The maximum Gasteiger partial charge on any atom is 0.293 e. The van der Waals surface area contributed by atoms with Crippen LogP contribution in [0.4, 0.5) is 16.2 Å². The third-order valence-electron chi connectivity index (χ3n) is 4.34. The van der Waals surface area contributed by atoms with Crippen LogP contribution < -0.4 is 4.90 Å². The maximum absolute atomic E-state index is 12.6. The van der Waals surface area contributed by atoms with Crippen molar-refractivity contribution in [1.82, 2.24) is 4.90 Å². The summed E-state index contributed by atoms with van der Waals surface area (Å²) in [5.41, 5.74) is 2.25. The van der Waals surface area contributed by atoms with Gasteiger partial charge in [-0.05, 0) is 35.5 Å². The summed E-state index contributed by atoms with van der Waals surface area (Å²) < 4.78 is 0. The second-order valence-electron chi connectivity index (χ2n) is 6.52. The minimum absolute atomic E-state index is 0.114. The SMILES string of the molecule is CN(C)c1ccc(/C=C/C=C2\SC(=O)N(Cc3ccccc3[N+](=O)[O-])C2=O)cc1. The van der Waals surface area contributed by atoms with E-state index < -0.39 is 16.1 Å². The highest BCUT2D eigenvalue weighted by Crippen LogP contribution is 2.33. The van der Waals surface area contributed by atoms with Gasteiger partial charge in [-0.2, -0.15) is 0 Å². The molecule has 1 aliphatic heterocycles. The summed E-state index contributed by atoms with van der Waals surface area (Å²) >= 11 is 0.828. The lowest BCUT2D eigenvalue weighted by atomic mass is 10.1. The molecule has 8 heteroatoms. The first-order chi connectivity index (χ1) is 13.9. The lowest BCUT2D eigenvalue weighted by Crippen LogP contribution is -2.27. The Morgan fingerprint density at radius 3 is 2.45 bits per heavy atom. The van der Waals surface area contributed by atoms with Crippen LogP contribution >= 0.6 is 11.8 Å². The minimum atomic E-state index is -0.519. The van der Waals surface area contributed by atoms with E-state index in [9.17, 15) is 19.7 Å². The number of para-hydroxylation sites is 1. The predicted octanol–water partition coefficient (Wildman–Crippen LogP) is 4.45. The number of amides is 2. The molecule has 3 rings (SSSR count). The second-order valence-corrected chi connectivity index (χ2v) is 7.51. The average Bonchev–Trinajstić information content (AvgIpc) is 2.96. The van der Waals surface area contributed by atoms with E-state index in [2.05, 4.69) is 0 Å². The van der Waals surface area contributed by atoms with E-state index in [1.807, 2.05) is 49.3 Å². The van der Waals surface area contributed by atoms with Crippen LogP contribution in [0.15, 0.2) is 65.6 Å². The van der Waals surface area contributed by atoms with Gasteiger partial charge in [0.05, 0.1) is 16.4 Å². The zero-order valence-electron chi connectivity index (χ0n) is 15.9. The summed E-state index contributed by atoms with van der Waals surface area (Å²) in [5.74, 6) is -0.453. The highest BCUT2D eigenvalue weighted by atomic mass is 32.2. The molecule has 7 nitrogen and oxygen atoms in total. The van der Waals surface area contributed by atoms with E-state index >= 15 is 0 Å². The van der Waals surface area contributed by atoms with Crippen LogP contribution in [0.3, 0.4) is 0 Å². The summed E-state index contributed by atoms with van der Waals surface area (Å²) in [4.78, 5) is 38.8. The van der Waals surface area contributed by atoms with E-state index in [1.54, 1.807) is 30.4 Å². The lowest BCUT2D eigenvalue weighted by molar-refractivity contribution is -0.385. The molecule has 1 fully saturated rings. The Balaban J connectivity index is 1.72. The van der Waals surface area contributed by atoms with Crippen LogP contribution in [0.5, 0.6) is 0 Å². The second kappa shape index (κ2) is 8.74. The number of thioether (sulfide) groups is 1. The fourth-order valence-corrected chi connectivity index (χ4v) is 3.56. The van der Waals surface area contributed by atoms with Crippen LogP contribution in [0.2, 0.25) is 0 Å². The zero-order chi connectivity index (χ0) is 21.0. The number of benzene rings is 2. The number of allylic oxidation sites excluding steroid dienone is 2. The molecule has 1 saturated heterocycles. The zero-order valence-corrected chi connectivity index (χ0v) is 16.8. The van der Waals surface area contributed by atoms with E-state index in [4.69, 9.17) is 0 Å². The molecule has 0 spiro atoms. The number of imide groups is 1. The number of carbonyl (C=O) groups is 2. The monoisotopic (exact) mass is 409 g/mol. The van der Waals surface area contributed by atoms with Gasteiger partial charge in [-0.25, -0.2) is 0 Å². The predicted molar refractivity (Wildman–Crippen MR) is 115 cm³/mol. The summed E-state index contributed by atoms with van der Waals surface area (Å²) in [6.45, 7) is -0.130. The Bertz CT molecular complexity index is 1010. The first-order valence-electron chi connectivity index (χ1n) is 8.78. The van der Waals surface area contributed by atoms with Crippen molar-refractivity contribution in [3.63, 3.8) is 0 Å². The average molecular weight is 409 g/mol. The third kappa shape index (κ3) is 4.72. The molecule has 0 bridgehead atoms. The Morgan fingerprint density at radius 2 is 1.79 bits per heavy atom. The molecule has 2 amide bonds.